The molecule has 3 rings (SSSR count). The van der Waals surface area contributed by atoms with Crippen LogP contribution in [0.1, 0.15) is 56.9 Å². The van der Waals surface area contributed by atoms with Crippen LogP contribution >= 0.6 is 0 Å². The van der Waals surface area contributed by atoms with Gasteiger partial charge in [-0.3, -0.25) is 4.79 Å². The third-order valence-corrected chi connectivity index (χ3v) is 5.92. The highest BCUT2D eigenvalue weighted by Crippen LogP contribution is 2.36. The van der Waals surface area contributed by atoms with Crippen molar-refractivity contribution >= 4 is 11.9 Å². The van der Waals surface area contributed by atoms with Crippen molar-refractivity contribution in [1.29, 1.82) is 0 Å². The number of carbonyl (C=O) groups excluding carboxylic acids is 2. The Kier molecular flexibility index (Phi) is 7.08. The van der Waals surface area contributed by atoms with Crippen molar-refractivity contribution in [2.75, 3.05) is 13.1 Å². The molecule has 1 aromatic carbocycles. The molecule has 4 nitrogen and oxygen atoms in total. The van der Waals surface area contributed by atoms with Crippen LogP contribution in [0.15, 0.2) is 42.5 Å². The van der Waals surface area contributed by atoms with Crippen LogP contribution in [-0.4, -0.2) is 29.9 Å². The summed E-state index contributed by atoms with van der Waals surface area (Å²) in [5, 5.41) is 0. The lowest BCUT2D eigenvalue weighted by Gasteiger charge is -2.33. The van der Waals surface area contributed by atoms with E-state index in [4.69, 9.17) is 4.74 Å². The summed E-state index contributed by atoms with van der Waals surface area (Å²) in [6.07, 6.45) is 8.32. The summed E-state index contributed by atoms with van der Waals surface area (Å²) in [6, 6.07) is 9.63. The van der Waals surface area contributed by atoms with E-state index in [-0.39, 0.29) is 24.4 Å². The number of nitrogens with zero attached hydrogens (tertiary/aromatic N) is 1. The van der Waals surface area contributed by atoms with E-state index < -0.39 is 0 Å². The van der Waals surface area contributed by atoms with Crippen LogP contribution in [0.4, 0.5) is 0 Å². The lowest BCUT2D eigenvalue weighted by Crippen LogP contribution is -2.42. The zero-order chi connectivity index (χ0) is 19.1. The maximum absolute atomic E-state index is 13.2. The maximum Gasteiger partial charge on any atom is 0.333 e. The van der Waals surface area contributed by atoms with Crippen LogP contribution in [0, 0.1) is 11.8 Å². The van der Waals surface area contributed by atoms with E-state index in [1.807, 2.05) is 35.2 Å². The molecule has 1 aromatic rings. The fraction of sp³-hybridized carbons (Fsp3) is 0.565. The molecule has 1 amide bonds. The topological polar surface area (TPSA) is 46.6 Å². The molecule has 0 aromatic heterocycles. The third-order valence-electron chi connectivity index (χ3n) is 5.92. The van der Waals surface area contributed by atoms with Gasteiger partial charge in [0.15, 0.2) is 0 Å². The molecule has 1 aliphatic heterocycles. The Balaban J connectivity index is 1.59. The molecular weight excluding hydrogens is 338 g/mol. The van der Waals surface area contributed by atoms with E-state index >= 15 is 0 Å². The lowest BCUT2D eigenvalue weighted by atomic mass is 9.84. The van der Waals surface area contributed by atoms with E-state index in [1.54, 1.807) is 0 Å². The predicted octanol–water partition coefficient (Wildman–Crippen LogP) is 4.50. The SMILES string of the molecule is C=C(CC(C(=O)N1CCCCC1)C1CCCC1)C(=O)OCc1ccccc1. The average molecular weight is 370 g/mol. The predicted molar refractivity (Wildman–Crippen MR) is 106 cm³/mol. The smallest absolute Gasteiger partial charge is 0.333 e. The number of hydrogen-bond donors (Lipinski definition) is 0. The van der Waals surface area contributed by atoms with E-state index in [0.717, 1.165) is 44.3 Å². The number of piperidine rings is 1. The molecule has 0 spiro atoms. The van der Waals surface area contributed by atoms with E-state index in [2.05, 4.69) is 6.58 Å². The van der Waals surface area contributed by atoms with Gasteiger partial charge in [-0.15, -0.1) is 0 Å². The highest BCUT2D eigenvalue weighted by atomic mass is 16.5. The lowest BCUT2D eigenvalue weighted by molar-refractivity contribution is -0.141. The number of hydrogen-bond acceptors (Lipinski definition) is 3. The molecule has 0 bridgehead atoms. The minimum absolute atomic E-state index is 0.123. The second kappa shape index (κ2) is 9.72. The first-order valence-corrected chi connectivity index (χ1v) is 10.3. The first kappa shape index (κ1) is 19.7. The summed E-state index contributed by atoms with van der Waals surface area (Å²) in [7, 11) is 0. The highest BCUT2D eigenvalue weighted by molar-refractivity contribution is 5.89. The molecule has 0 N–H and O–H groups in total. The van der Waals surface area contributed by atoms with Crippen molar-refractivity contribution in [1.82, 2.24) is 4.90 Å². The van der Waals surface area contributed by atoms with Gasteiger partial charge in [0.2, 0.25) is 5.91 Å². The largest absolute Gasteiger partial charge is 0.457 e. The van der Waals surface area contributed by atoms with E-state index in [9.17, 15) is 9.59 Å². The summed E-state index contributed by atoms with van der Waals surface area (Å²) in [5.74, 6) is 0.0902. The molecule has 2 aliphatic rings. The van der Waals surface area contributed by atoms with Crippen molar-refractivity contribution in [3.63, 3.8) is 0 Å². The maximum atomic E-state index is 13.2. The molecule has 27 heavy (non-hydrogen) atoms. The van der Waals surface area contributed by atoms with Gasteiger partial charge in [0.25, 0.3) is 0 Å². The van der Waals surface area contributed by atoms with Crippen LogP contribution in [0.2, 0.25) is 0 Å². The van der Waals surface area contributed by atoms with E-state index in [0.29, 0.717) is 17.9 Å². The quantitative estimate of drug-likeness (QED) is 0.525. The second-order valence-corrected chi connectivity index (χ2v) is 7.91. The zero-order valence-electron chi connectivity index (χ0n) is 16.2. The van der Waals surface area contributed by atoms with Gasteiger partial charge in [-0.25, -0.2) is 4.79 Å². The highest BCUT2D eigenvalue weighted by Gasteiger charge is 2.35. The second-order valence-electron chi connectivity index (χ2n) is 7.91. The Labute approximate surface area is 162 Å². The number of carbonyl (C=O) groups is 2. The van der Waals surface area contributed by atoms with Crippen LogP contribution < -0.4 is 0 Å². The zero-order valence-corrected chi connectivity index (χ0v) is 16.2. The Hall–Kier alpha value is -2.10. The molecule has 1 saturated carbocycles. The van der Waals surface area contributed by atoms with Gasteiger partial charge < -0.3 is 9.64 Å². The Bertz CT molecular complexity index is 643. The Morgan fingerprint density at radius 2 is 1.70 bits per heavy atom. The van der Waals surface area contributed by atoms with Gasteiger partial charge in [0, 0.05) is 24.6 Å². The van der Waals surface area contributed by atoms with Gasteiger partial charge in [-0.1, -0.05) is 49.8 Å². The molecule has 1 heterocycles. The summed E-state index contributed by atoms with van der Waals surface area (Å²) in [6.45, 7) is 5.91. The average Bonchev–Trinajstić information content (AvgIpc) is 3.25. The minimum Gasteiger partial charge on any atom is -0.457 e. The van der Waals surface area contributed by atoms with Crippen molar-refractivity contribution in [2.45, 2.75) is 58.0 Å². The summed E-state index contributed by atoms with van der Waals surface area (Å²) in [5.41, 5.74) is 1.38. The van der Waals surface area contributed by atoms with Crippen molar-refractivity contribution in [3.8, 4) is 0 Å². The van der Waals surface area contributed by atoms with Crippen LogP contribution in [0.25, 0.3) is 0 Å². The first-order valence-electron chi connectivity index (χ1n) is 10.3. The Morgan fingerprint density at radius 1 is 1.04 bits per heavy atom. The molecule has 1 unspecified atom stereocenters. The van der Waals surface area contributed by atoms with Crippen LogP contribution in [-0.2, 0) is 20.9 Å². The molecule has 4 heteroatoms. The van der Waals surface area contributed by atoms with Gasteiger partial charge in [0.1, 0.15) is 6.61 Å². The summed E-state index contributed by atoms with van der Waals surface area (Å²) >= 11 is 0. The number of likely N-dealkylation sites (tertiary alicyclic amines) is 1. The fourth-order valence-electron chi connectivity index (χ4n) is 4.34. The molecular formula is C23H31NO3. The number of esters is 1. The fourth-order valence-corrected chi connectivity index (χ4v) is 4.34. The summed E-state index contributed by atoms with van der Waals surface area (Å²) in [4.78, 5) is 27.6. The molecule has 146 valence electrons. The number of amides is 1. The van der Waals surface area contributed by atoms with Gasteiger partial charge >= 0.3 is 5.97 Å². The standard InChI is InChI=1S/C23H31NO3/c1-18(23(26)27-17-19-10-4-2-5-11-19)16-21(20-12-6-7-13-20)22(25)24-14-8-3-9-15-24/h2,4-5,10-11,20-21H,1,3,6-9,12-17H2. The van der Waals surface area contributed by atoms with Crippen LogP contribution in [0.5, 0.6) is 0 Å². The van der Waals surface area contributed by atoms with Gasteiger partial charge in [0.05, 0.1) is 0 Å². The van der Waals surface area contributed by atoms with Gasteiger partial charge in [-0.2, -0.15) is 0 Å². The summed E-state index contributed by atoms with van der Waals surface area (Å²) < 4.78 is 5.42. The third kappa shape index (κ3) is 5.44. The molecule has 1 saturated heterocycles. The minimum atomic E-state index is -0.381. The van der Waals surface area contributed by atoms with Crippen molar-refractivity contribution < 1.29 is 14.3 Å². The van der Waals surface area contributed by atoms with Gasteiger partial charge in [-0.05, 0) is 50.0 Å². The Morgan fingerprint density at radius 3 is 2.37 bits per heavy atom. The normalized spacial score (nSPS) is 18.9. The number of benzene rings is 1. The van der Waals surface area contributed by atoms with E-state index in [1.165, 1.54) is 19.3 Å². The first-order chi connectivity index (χ1) is 13.1. The molecule has 1 atom stereocenters. The molecule has 1 aliphatic carbocycles. The molecule has 0 radical (unpaired) electrons. The number of rotatable bonds is 7. The van der Waals surface area contributed by atoms with Crippen molar-refractivity contribution in [2.24, 2.45) is 11.8 Å². The monoisotopic (exact) mass is 369 g/mol. The van der Waals surface area contributed by atoms with Crippen LogP contribution in [0.3, 0.4) is 0 Å². The number of ether oxygens (including phenoxy) is 1. The van der Waals surface area contributed by atoms with Crippen molar-refractivity contribution in [3.05, 3.63) is 48.0 Å². The molecule has 2 fully saturated rings.